The molecule has 1 saturated heterocycles. The molecule has 0 aromatic heterocycles. The molecule has 4 heteroatoms. The highest BCUT2D eigenvalue weighted by Gasteiger charge is 2.34. The minimum atomic E-state index is -0.204. The Balaban J connectivity index is 2.31. The number of hydrogen-bond acceptors (Lipinski definition) is 3. The van der Waals surface area contributed by atoms with Gasteiger partial charge in [0, 0.05) is 19.6 Å². The molecule has 0 aliphatic carbocycles. The summed E-state index contributed by atoms with van der Waals surface area (Å²) in [4.78, 5) is 14.0. The van der Waals surface area contributed by atoms with Crippen LogP contribution in [0, 0.1) is 5.41 Å². The van der Waals surface area contributed by atoms with Crippen molar-refractivity contribution in [2.75, 3.05) is 40.3 Å². The maximum Gasteiger partial charge on any atom is 0.227 e. The second-order valence-corrected chi connectivity index (χ2v) is 4.90. The van der Waals surface area contributed by atoms with E-state index in [2.05, 4.69) is 15.5 Å². The summed E-state index contributed by atoms with van der Waals surface area (Å²) >= 11 is 0. The van der Waals surface area contributed by atoms with Crippen LogP contribution in [0.4, 0.5) is 0 Å². The Morgan fingerprint density at radius 2 is 2.27 bits per heavy atom. The van der Waals surface area contributed by atoms with Gasteiger partial charge in [0.25, 0.3) is 0 Å². The summed E-state index contributed by atoms with van der Waals surface area (Å²) in [5.74, 6) is 0.191. The van der Waals surface area contributed by atoms with Gasteiger partial charge in [-0.3, -0.25) is 4.79 Å². The van der Waals surface area contributed by atoms with Crippen LogP contribution in [0.15, 0.2) is 0 Å². The molecule has 15 heavy (non-hydrogen) atoms. The highest BCUT2D eigenvalue weighted by molar-refractivity contribution is 5.82. The van der Waals surface area contributed by atoms with E-state index >= 15 is 0 Å². The summed E-state index contributed by atoms with van der Waals surface area (Å²) in [7, 11) is 4.02. The zero-order chi connectivity index (χ0) is 11.3. The van der Waals surface area contributed by atoms with E-state index in [0.717, 1.165) is 39.0 Å². The first kappa shape index (κ1) is 12.5. The number of rotatable bonds is 4. The quantitative estimate of drug-likeness (QED) is 0.694. The molecule has 1 aliphatic rings. The molecule has 1 rings (SSSR count). The van der Waals surface area contributed by atoms with Crippen molar-refractivity contribution in [3.05, 3.63) is 0 Å². The van der Waals surface area contributed by atoms with Crippen molar-refractivity contribution in [2.24, 2.45) is 5.41 Å². The summed E-state index contributed by atoms with van der Waals surface area (Å²) in [6.07, 6.45) is 2.09. The average molecular weight is 213 g/mol. The van der Waals surface area contributed by atoms with E-state index in [1.807, 2.05) is 21.0 Å². The van der Waals surface area contributed by atoms with Crippen molar-refractivity contribution in [1.29, 1.82) is 0 Å². The van der Waals surface area contributed by atoms with Gasteiger partial charge in [-0.15, -0.1) is 0 Å². The molecule has 1 heterocycles. The van der Waals surface area contributed by atoms with Gasteiger partial charge in [-0.25, -0.2) is 0 Å². The Morgan fingerprint density at radius 1 is 1.53 bits per heavy atom. The first-order valence-corrected chi connectivity index (χ1v) is 5.68. The van der Waals surface area contributed by atoms with Crippen molar-refractivity contribution in [1.82, 2.24) is 15.5 Å². The van der Waals surface area contributed by atoms with E-state index in [-0.39, 0.29) is 11.3 Å². The fraction of sp³-hybridized carbons (Fsp3) is 0.909. The lowest BCUT2D eigenvalue weighted by atomic mass is 9.82. The van der Waals surface area contributed by atoms with Gasteiger partial charge in [-0.1, -0.05) is 0 Å². The van der Waals surface area contributed by atoms with E-state index in [4.69, 9.17) is 0 Å². The Morgan fingerprint density at radius 3 is 2.80 bits per heavy atom. The third-order valence-corrected chi connectivity index (χ3v) is 2.99. The van der Waals surface area contributed by atoms with Gasteiger partial charge >= 0.3 is 0 Å². The molecule has 1 aliphatic heterocycles. The number of likely N-dealkylation sites (N-methyl/N-ethyl adjacent to an activating group) is 1. The van der Waals surface area contributed by atoms with E-state index in [1.54, 1.807) is 0 Å². The van der Waals surface area contributed by atoms with Crippen molar-refractivity contribution >= 4 is 5.91 Å². The lowest BCUT2D eigenvalue weighted by Gasteiger charge is -2.32. The van der Waals surface area contributed by atoms with Crippen molar-refractivity contribution in [2.45, 2.75) is 19.8 Å². The summed E-state index contributed by atoms with van der Waals surface area (Å²) in [5.41, 5.74) is -0.204. The van der Waals surface area contributed by atoms with Crippen LogP contribution >= 0.6 is 0 Å². The van der Waals surface area contributed by atoms with Gasteiger partial charge in [0.05, 0.1) is 5.41 Å². The van der Waals surface area contributed by atoms with Crippen LogP contribution in [0.1, 0.15) is 19.8 Å². The van der Waals surface area contributed by atoms with Gasteiger partial charge < -0.3 is 15.5 Å². The fourth-order valence-electron chi connectivity index (χ4n) is 1.86. The summed E-state index contributed by atoms with van der Waals surface area (Å²) < 4.78 is 0. The van der Waals surface area contributed by atoms with E-state index in [1.165, 1.54) is 0 Å². The molecule has 1 atom stereocenters. The minimum absolute atomic E-state index is 0.191. The Kier molecular flexibility index (Phi) is 4.54. The first-order valence-electron chi connectivity index (χ1n) is 5.68. The van der Waals surface area contributed by atoms with Crippen LogP contribution in [0.25, 0.3) is 0 Å². The molecule has 0 aromatic rings. The molecule has 1 unspecified atom stereocenters. The molecule has 0 spiro atoms. The third kappa shape index (κ3) is 3.80. The number of piperidine rings is 1. The van der Waals surface area contributed by atoms with E-state index in [9.17, 15) is 4.79 Å². The van der Waals surface area contributed by atoms with Crippen LogP contribution in [-0.4, -0.2) is 51.1 Å². The zero-order valence-corrected chi connectivity index (χ0v) is 10.1. The zero-order valence-electron chi connectivity index (χ0n) is 10.1. The maximum absolute atomic E-state index is 11.9. The molecular formula is C11H23N3O. The maximum atomic E-state index is 11.9. The number of hydrogen-bond donors (Lipinski definition) is 2. The summed E-state index contributed by atoms with van der Waals surface area (Å²) in [6.45, 7) is 5.53. The smallest absolute Gasteiger partial charge is 0.227 e. The molecule has 2 N–H and O–H groups in total. The summed E-state index contributed by atoms with van der Waals surface area (Å²) in [5, 5.41) is 6.29. The number of nitrogens with one attached hydrogen (secondary N) is 2. The third-order valence-electron chi connectivity index (χ3n) is 2.99. The van der Waals surface area contributed by atoms with Crippen LogP contribution in [0.5, 0.6) is 0 Å². The van der Waals surface area contributed by atoms with Gasteiger partial charge in [0.1, 0.15) is 0 Å². The second-order valence-electron chi connectivity index (χ2n) is 4.90. The Labute approximate surface area is 92.4 Å². The largest absolute Gasteiger partial charge is 0.354 e. The highest BCUT2D eigenvalue weighted by atomic mass is 16.2. The minimum Gasteiger partial charge on any atom is -0.354 e. The molecule has 0 radical (unpaired) electrons. The second kappa shape index (κ2) is 5.47. The van der Waals surface area contributed by atoms with Gasteiger partial charge in [0.2, 0.25) is 5.91 Å². The SMILES string of the molecule is CN(C)CCNC(=O)C1(C)CCCNC1. The van der Waals surface area contributed by atoms with Gasteiger partial charge in [-0.05, 0) is 40.4 Å². The highest BCUT2D eigenvalue weighted by Crippen LogP contribution is 2.25. The molecule has 0 saturated carbocycles. The van der Waals surface area contributed by atoms with Crippen LogP contribution in [-0.2, 0) is 4.79 Å². The lowest BCUT2D eigenvalue weighted by molar-refractivity contribution is -0.131. The molecule has 0 aromatic carbocycles. The number of amides is 1. The van der Waals surface area contributed by atoms with Gasteiger partial charge in [0.15, 0.2) is 0 Å². The number of carbonyl (C=O) groups excluding carboxylic acids is 1. The predicted molar refractivity (Wildman–Crippen MR) is 61.8 cm³/mol. The lowest BCUT2D eigenvalue weighted by Crippen LogP contribution is -2.49. The van der Waals surface area contributed by atoms with E-state index in [0.29, 0.717) is 0 Å². The van der Waals surface area contributed by atoms with E-state index < -0.39 is 0 Å². The predicted octanol–water partition coefficient (Wildman–Crippen LogP) is 0.0539. The standard InChI is InChI=1S/C11H23N3O/c1-11(5-4-6-12-9-11)10(15)13-7-8-14(2)3/h12H,4-9H2,1-3H3,(H,13,15). The average Bonchev–Trinajstić information content (AvgIpc) is 2.18. The van der Waals surface area contributed by atoms with Crippen molar-refractivity contribution in [3.8, 4) is 0 Å². The Bertz CT molecular complexity index is 210. The summed E-state index contributed by atoms with van der Waals surface area (Å²) in [6, 6.07) is 0. The normalized spacial score (nSPS) is 26.7. The van der Waals surface area contributed by atoms with Crippen molar-refractivity contribution in [3.63, 3.8) is 0 Å². The van der Waals surface area contributed by atoms with Gasteiger partial charge in [-0.2, -0.15) is 0 Å². The molecule has 88 valence electrons. The van der Waals surface area contributed by atoms with Crippen LogP contribution in [0.3, 0.4) is 0 Å². The van der Waals surface area contributed by atoms with Crippen LogP contribution in [0.2, 0.25) is 0 Å². The molecule has 4 nitrogen and oxygen atoms in total. The number of nitrogens with zero attached hydrogens (tertiary/aromatic N) is 1. The molecule has 1 fully saturated rings. The molecule has 0 bridgehead atoms. The number of carbonyl (C=O) groups is 1. The first-order chi connectivity index (χ1) is 7.04. The Hall–Kier alpha value is -0.610. The van der Waals surface area contributed by atoms with Crippen LogP contribution < -0.4 is 10.6 Å². The topological polar surface area (TPSA) is 44.4 Å². The fourth-order valence-corrected chi connectivity index (χ4v) is 1.86. The molecular weight excluding hydrogens is 190 g/mol. The van der Waals surface area contributed by atoms with Crippen molar-refractivity contribution < 1.29 is 4.79 Å². The monoisotopic (exact) mass is 213 g/mol. The molecule has 1 amide bonds.